The number of rotatable bonds is 5. The number of aromatic nitrogens is 4. The van der Waals surface area contributed by atoms with Gasteiger partial charge in [-0.2, -0.15) is 13.2 Å². The van der Waals surface area contributed by atoms with Gasteiger partial charge in [-0.15, -0.1) is 0 Å². The zero-order valence-electron chi connectivity index (χ0n) is 31.7. The molecule has 0 bridgehead atoms. The van der Waals surface area contributed by atoms with E-state index in [4.69, 9.17) is 15.0 Å². The molecule has 0 atom stereocenters. The minimum Gasteiger partial charge on any atom is -0.309 e. The third kappa shape index (κ3) is 6.80. The molecule has 2 heterocycles. The zero-order chi connectivity index (χ0) is 39.9. The average Bonchev–Trinajstić information content (AvgIpc) is 3.62. The van der Waals surface area contributed by atoms with E-state index in [1.54, 1.807) is 18.2 Å². The van der Waals surface area contributed by atoms with Gasteiger partial charge in [-0.05, 0) is 64.3 Å². The molecule has 0 amide bonds. The van der Waals surface area contributed by atoms with Gasteiger partial charge in [0.1, 0.15) is 0 Å². The Hall–Kier alpha value is -7.38. The van der Waals surface area contributed by atoms with Gasteiger partial charge in [-0.3, -0.25) is 0 Å². The number of nitrogens with zero attached hydrogens (tertiary/aromatic N) is 4. The van der Waals surface area contributed by atoms with Crippen molar-refractivity contribution in [2.24, 2.45) is 0 Å². The number of hydrogen-bond acceptors (Lipinski definition) is 3. The first-order valence-corrected chi connectivity index (χ1v) is 19.5. The van der Waals surface area contributed by atoms with Gasteiger partial charge in [-0.25, -0.2) is 15.0 Å². The minimum absolute atomic E-state index is 0.0823. The van der Waals surface area contributed by atoms with Crippen LogP contribution in [0, 0.1) is 0 Å². The summed E-state index contributed by atoms with van der Waals surface area (Å²) in [7, 11) is 0. The lowest BCUT2D eigenvalue weighted by Gasteiger charge is -2.19. The first kappa shape index (κ1) is 36.0. The van der Waals surface area contributed by atoms with E-state index in [0.29, 0.717) is 34.3 Å². The quantitative estimate of drug-likeness (QED) is 0.175. The highest BCUT2D eigenvalue weighted by atomic mass is 19.4. The van der Waals surface area contributed by atoms with Crippen LogP contribution in [-0.2, 0) is 6.18 Å². The summed E-state index contributed by atoms with van der Waals surface area (Å²) in [5, 5.41) is 4.08. The molecule has 10 rings (SSSR count). The second-order valence-electron chi connectivity index (χ2n) is 14.6. The van der Waals surface area contributed by atoms with Crippen molar-refractivity contribution < 1.29 is 13.2 Å². The van der Waals surface area contributed by atoms with Gasteiger partial charge in [0.15, 0.2) is 17.5 Å². The molecule has 0 N–H and O–H groups in total. The maximum absolute atomic E-state index is 14.9. The summed E-state index contributed by atoms with van der Waals surface area (Å²) in [4.78, 5) is 14.9. The molecule has 8 aromatic rings. The largest absolute Gasteiger partial charge is 0.417 e. The predicted octanol–water partition coefficient (Wildman–Crippen LogP) is 12.0. The molecule has 2 aromatic heterocycles. The van der Waals surface area contributed by atoms with Crippen molar-refractivity contribution in [3.8, 4) is 51.0 Å². The van der Waals surface area contributed by atoms with E-state index in [0.717, 1.165) is 73.4 Å². The predicted molar refractivity (Wildman–Crippen MR) is 233 cm³/mol. The van der Waals surface area contributed by atoms with Crippen molar-refractivity contribution in [2.45, 2.75) is 19.0 Å². The molecule has 2 aliphatic rings. The lowest BCUT2D eigenvalue weighted by Crippen LogP contribution is -2.10. The van der Waals surface area contributed by atoms with Gasteiger partial charge < -0.3 is 4.57 Å². The Bertz CT molecular complexity index is 3030. The molecule has 2 aliphatic carbocycles. The van der Waals surface area contributed by atoms with Crippen molar-refractivity contribution in [3.63, 3.8) is 0 Å². The molecule has 284 valence electrons. The summed E-state index contributed by atoms with van der Waals surface area (Å²) in [5.41, 5.74) is 6.72. The van der Waals surface area contributed by atoms with Crippen LogP contribution in [0.15, 0.2) is 188 Å². The molecular weight excluding hydrogens is 738 g/mol. The van der Waals surface area contributed by atoms with Crippen LogP contribution in [0.1, 0.15) is 18.4 Å². The summed E-state index contributed by atoms with van der Waals surface area (Å²) in [6.45, 7) is 0. The lowest BCUT2D eigenvalue weighted by atomic mass is 9.96. The summed E-state index contributed by atoms with van der Waals surface area (Å²) in [5.74, 6) is 1.39. The molecule has 0 saturated carbocycles. The van der Waals surface area contributed by atoms with E-state index < -0.39 is 11.7 Å². The van der Waals surface area contributed by atoms with Crippen molar-refractivity contribution in [3.05, 3.63) is 204 Å². The first-order chi connectivity index (χ1) is 28.9. The fourth-order valence-corrected chi connectivity index (χ4v) is 8.12. The Morgan fingerprint density at radius 2 is 0.966 bits per heavy atom. The monoisotopic (exact) mass is 772 g/mol. The van der Waals surface area contributed by atoms with Crippen LogP contribution >= 0.6 is 0 Å². The molecule has 0 fully saturated rings. The first-order valence-electron chi connectivity index (χ1n) is 19.5. The van der Waals surface area contributed by atoms with E-state index in [1.165, 1.54) is 6.07 Å². The van der Waals surface area contributed by atoms with Crippen LogP contribution in [0.2, 0.25) is 0 Å². The average molecular weight is 773 g/mol. The molecule has 0 aliphatic heterocycles. The maximum atomic E-state index is 14.9. The highest BCUT2D eigenvalue weighted by molar-refractivity contribution is 6.10. The van der Waals surface area contributed by atoms with Crippen LogP contribution in [0.3, 0.4) is 0 Å². The van der Waals surface area contributed by atoms with Gasteiger partial charge in [0.25, 0.3) is 0 Å². The summed E-state index contributed by atoms with van der Waals surface area (Å²) < 4.78 is 46.9. The second kappa shape index (κ2) is 14.8. The SMILES string of the molecule is FC(F)(F)c1ccccc1-c1ccc(-c2nc(-c3ccccc3)nc(-c3ccccc3)n2)cc1-n1c2cc(=C3C=CC=CC3)ccc2c2ccc(=C3C=CC=CC3)cc21. The number of alkyl halides is 3. The van der Waals surface area contributed by atoms with E-state index >= 15 is 0 Å². The van der Waals surface area contributed by atoms with Gasteiger partial charge in [0, 0.05) is 33.0 Å². The highest BCUT2D eigenvalue weighted by Gasteiger charge is 2.34. The van der Waals surface area contributed by atoms with Gasteiger partial charge in [0.2, 0.25) is 0 Å². The topological polar surface area (TPSA) is 43.6 Å². The van der Waals surface area contributed by atoms with Crippen LogP contribution in [0.4, 0.5) is 13.2 Å². The molecular formula is C52H35F3N4. The van der Waals surface area contributed by atoms with E-state index in [2.05, 4.69) is 65.3 Å². The molecule has 0 spiro atoms. The number of allylic oxidation sites excluding steroid dienone is 8. The summed E-state index contributed by atoms with van der Waals surface area (Å²) in [6, 6.07) is 43.7. The number of halogens is 3. The number of hydrogen-bond donors (Lipinski definition) is 0. The standard InChI is InChI=1S/C52H35F3N4/c53-52(54,55)45-24-14-13-23-41(45)42-30-27-40(51-57-49(36-19-9-3-10-20-36)56-50(58-51)37-21-11-4-12-22-37)33-48(42)59-46-31-38(34-15-5-1-6-16-34)25-28-43(46)44-29-26-39(32-47(44)59)35-17-7-2-8-18-35/h1-15,17,19-33H,16,18H2. The molecule has 6 aromatic carbocycles. The molecule has 59 heavy (non-hydrogen) atoms. The van der Waals surface area contributed by atoms with Gasteiger partial charge in [0.05, 0.1) is 22.3 Å². The Balaban J connectivity index is 1.32. The van der Waals surface area contributed by atoms with Crippen LogP contribution < -0.4 is 10.4 Å². The number of benzene rings is 6. The maximum Gasteiger partial charge on any atom is 0.417 e. The third-order valence-electron chi connectivity index (χ3n) is 11.0. The van der Waals surface area contributed by atoms with E-state index in [1.807, 2.05) is 97.1 Å². The van der Waals surface area contributed by atoms with Crippen LogP contribution in [0.5, 0.6) is 0 Å². The Morgan fingerprint density at radius 1 is 0.458 bits per heavy atom. The molecule has 0 saturated heterocycles. The van der Waals surface area contributed by atoms with Gasteiger partial charge in [-0.1, -0.05) is 164 Å². The van der Waals surface area contributed by atoms with Crippen molar-refractivity contribution in [1.82, 2.24) is 19.5 Å². The smallest absolute Gasteiger partial charge is 0.309 e. The zero-order valence-corrected chi connectivity index (χ0v) is 31.7. The summed E-state index contributed by atoms with van der Waals surface area (Å²) in [6.07, 6.45) is 13.6. The molecule has 0 unspecified atom stereocenters. The van der Waals surface area contributed by atoms with E-state index in [-0.39, 0.29) is 5.56 Å². The van der Waals surface area contributed by atoms with Crippen molar-refractivity contribution in [2.75, 3.05) is 0 Å². The van der Waals surface area contributed by atoms with Crippen molar-refractivity contribution in [1.29, 1.82) is 0 Å². The Kier molecular flexibility index (Phi) is 9.06. The highest BCUT2D eigenvalue weighted by Crippen LogP contribution is 2.42. The lowest BCUT2D eigenvalue weighted by molar-refractivity contribution is -0.137. The Labute approximate surface area is 338 Å². The third-order valence-corrected chi connectivity index (χ3v) is 11.0. The number of fused-ring (bicyclic) bond motifs is 3. The minimum atomic E-state index is -4.59. The normalized spacial score (nSPS) is 15.7. The Morgan fingerprint density at radius 3 is 1.47 bits per heavy atom. The fourth-order valence-electron chi connectivity index (χ4n) is 8.12. The van der Waals surface area contributed by atoms with Crippen molar-refractivity contribution >= 4 is 33.0 Å². The van der Waals surface area contributed by atoms with Crippen LogP contribution in [0.25, 0.3) is 83.9 Å². The van der Waals surface area contributed by atoms with Gasteiger partial charge >= 0.3 is 6.18 Å². The van der Waals surface area contributed by atoms with Crippen LogP contribution in [-0.4, -0.2) is 19.5 Å². The molecule has 0 radical (unpaired) electrons. The van der Waals surface area contributed by atoms with E-state index in [9.17, 15) is 13.2 Å². The summed E-state index contributed by atoms with van der Waals surface area (Å²) >= 11 is 0. The second-order valence-corrected chi connectivity index (χ2v) is 14.6. The fraction of sp³-hybridized carbons (Fsp3) is 0.0577. The molecule has 7 heteroatoms. The molecule has 4 nitrogen and oxygen atoms in total.